The van der Waals surface area contributed by atoms with E-state index >= 15 is 0 Å². The fraction of sp³-hybridized carbons (Fsp3) is 0.185. The van der Waals surface area contributed by atoms with Gasteiger partial charge in [0.1, 0.15) is 6.61 Å². The molecule has 2 heterocycles. The summed E-state index contributed by atoms with van der Waals surface area (Å²) in [5, 5.41) is 10.4. The molecule has 0 fully saturated rings. The number of rotatable bonds is 6. The standard InChI is InChI=1S/C27H25N3O3/c1-17-8-6-7-11-20(17)16-33-22-13-12-19(14-23(22)32-2)21-15-24(31)28-27-25(21)26(29-30-27)18-9-4-3-5-10-18/h3-14,21H,15-16H2,1-2H3,(H2,28,29,30,31)/t21-/m1/s1. The molecular weight excluding hydrogens is 414 g/mol. The molecule has 0 saturated carbocycles. The Morgan fingerprint density at radius 3 is 2.58 bits per heavy atom. The lowest BCUT2D eigenvalue weighted by Gasteiger charge is -2.24. The van der Waals surface area contributed by atoms with E-state index in [1.54, 1.807) is 7.11 Å². The van der Waals surface area contributed by atoms with E-state index < -0.39 is 0 Å². The SMILES string of the molecule is COc1cc([C@H]2CC(=O)Nc3n[nH]c(-c4ccccc4)c32)ccc1OCc1ccccc1C. The third kappa shape index (κ3) is 4.07. The lowest BCUT2D eigenvalue weighted by Crippen LogP contribution is -2.23. The normalized spacial score (nSPS) is 15.0. The molecule has 2 N–H and O–H groups in total. The van der Waals surface area contributed by atoms with E-state index in [1.807, 2.05) is 60.7 Å². The van der Waals surface area contributed by atoms with Gasteiger partial charge in [-0.25, -0.2) is 0 Å². The van der Waals surface area contributed by atoms with Crippen LogP contribution in [0.2, 0.25) is 0 Å². The second kappa shape index (κ2) is 8.82. The van der Waals surface area contributed by atoms with Crippen LogP contribution in [0.3, 0.4) is 0 Å². The molecule has 1 atom stereocenters. The highest BCUT2D eigenvalue weighted by atomic mass is 16.5. The summed E-state index contributed by atoms with van der Waals surface area (Å²) in [6.45, 7) is 2.53. The van der Waals surface area contributed by atoms with Gasteiger partial charge in [-0.3, -0.25) is 9.89 Å². The lowest BCUT2D eigenvalue weighted by molar-refractivity contribution is -0.116. The first kappa shape index (κ1) is 20.8. The van der Waals surface area contributed by atoms with Gasteiger partial charge in [-0.15, -0.1) is 0 Å². The van der Waals surface area contributed by atoms with Gasteiger partial charge in [0.2, 0.25) is 5.91 Å². The monoisotopic (exact) mass is 439 g/mol. The van der Waals surface area contributed by atoms with Gasteiger partial charge in [0.25, 0.3) is 0 Å². The second-order valence-electron chi connectivity index (χ2n) is 8.16. The Morgan fingerprint density at radius 1 is 1.00 bits per heavy atom. The number of ether oxygens (including phenoxy) is 2. The summed E-state index contributed by atoms with van der Waals surface area (Å²) in [5.41, 5.74) is 6.21. The Bertz CT molecular complexity index is 1300. The minimum atomic E-state index is -0.151. The number of anilines is 1. The number of methoxy groups -OCH3 is 1. The van der Waals surface area contributed by atoms with Crippen LogP contribution >= 0.6 is 0 Å². The van der Waals surface area contributed by atoms with E-state index in [2.05, 4.69) is 34.6 Å². The molecular formula is C27H25N3O3. The number of benzene rings is 3. The number of aryl methyl sites for hydroxylation is 1. The number of carbonyl (C=O) groups is 1. The van der Waals surface area contributed by atoms with Gasteiger partial charge in [-0.2, -0.15) is 5.10 Å². The molecule has 33 heavy (non-hydrogen) atoms. The molecule has 1 aliphatic rings. The molecule has 0 aliphatic carbocycles. The Balaban J connectivity index is 1.48. The van der Waals surface area contributed by atoms with Crippen molar-refractivity contribution in [1.82, 2.24) is 10.2 Å². The van der Waals surface area contributed by atoms with Crippen LogP contribution in [0.5, 0.6) is 11.5 Å². The third-order valence-electron chi connectivity index (χ3n) is 6.10. The van der Waals surface area contributed by atoms with E-state index in [1.165, 1.54) is 5.56 Å². The van der Waals surface area contributed by atoms with Crippen LogP contribution < -0.4 is 14.8 Å². The van der Waals surface area contributed by atoms with Crippen molar-refractivity contribution in [2.45, 2.75) is 25.9 Å². The number of H-pyrrole nitrogens is 1. The predicted octanol–water partition coefficient (Wildman–Crippen LogP) is 5.45. The molecule has 0 radical (unpaired) electrons. The molecule has 1 aromatic heterocycles. The summed E-state index contributed by atoms with van der Waals surface area (Å²) in [6, 6.07) is 24.1. The van der Waals surface area contributed by atoms with Crippen molar-refractivity contribution in [3.05, 3.63) is 95.1 Å². The van der Waals surface area contributed by atoms with Crippen LogP contribution in [0.1, 0.15) is 34.6 Å². The highest BCUT2D eigenvalue weighted by Gasteiger charge is 2.32. The molecule has 6 nitrogen and oxygen atoms in total. The number of nitrogens with one attached hydrogen (secondary N) is 2. The number of hydrogen-bond acceptors (Lipinski definition) is 4. The zero-order chi connectivity index (χ0) is 22.8. The summed E-state index contributed by atoms with van der Waals surface area (Å²) in [5.74, 6) is 1.67. The summed E-state index contributed by atoms with van der Waals surface area (Å²) in [6.07, 6.45) is 0.332. The summed E-state index contributed by atoms with van der Waals surface area (Å²) in [4.78, 5) is 12.4. The molecule has 4 aromatic rings. The maximum absolute atomic E-state index is 12.4. The molecule has 5 rings (SSSR count). The summed E-state index contributed by atoms with van der Waals surface area (Å²) < 4.78 is 11.7. The number of carbonyl (C=O) groups excluding carboxylic acids is 1. The van der Waals surface area contributed by atoms with Crippen molar-refractivity contribution in [2.24, 2.45) is 0 Å². The van der Waals surface area contributed by atoms with Crippen molar-refractivity contribution < 1.29 is 14.3 Å². The largest absolute Gasteiger partial charge is 0.493 e. The van der Waals surface area contributed by atoms with E-state index in [0.717, 1.165) is 27.9 Å². The van der Waals surface area contributed by atoms with Crippen LogP contribution in [0, 0.1) is 6.92 Å². The Labute approximate surface area is 192 Å². The van der Waals surface area contributed by atoms with Crippen LogP contribution in [-0.2, 0) is 11.4 Å². The summed E-state index contributed by atoms with van der Waals surface area (Å²) in [7, 11) is 1.63. The second-order valence-corrected chi connectivity index (χ2v) is 8.16. The van der Waals surface area contributed by atoms with Crippen molar-refractivity contribution in [2.75, 3.05) is 12.4 Å². The van der Waals surface area contributed by atoms with Gasteiger partial charge in [-0.1, -0.05) is 60.7 Å². The zero-order valence-corrected chi connectivity index (χ0v) is 18.6. The van der Waals surface area contributed by atoms with E-state index in [-0.39, 0.29) is 11.8 Å². The molecule has 1 amide bonds. The summed E-state index contributed by atoms with van der Waals surface area (Å²) >= 11 is 0. The molecule has 0 spiro atoms. The van der Waals surface area contributed by atoms with Crippen molar-refractivity contribution in [3.63, 3.8) is 0 Å². The maximum atomic E-state index is 12.4. The van der Waals surface area contributed by atoms with Crippen molar-refractivity contribution >= 4 is 11.7 Å². The lowest BCUT2D eigenvalue weighted by atomic mass is 9.84. The molecule has 166 valence electrons. The Hall–Kier alpha value is -4.06. The topological polar surface area (TPSA) is 76.2 Å². The Morgan fingerprint density at radius 2 is 1.79 bits per heavy atom. The van der Waals surface area contributed by atoms with Gasteiger partial charge in [0.05, 0.1) is 12.8 Å². The first-order valence-corrected chi connectivity index (χ1v) is 10.9. The number of nitrogens with zero attached hydrogens (tertiary/aromatic N) is 1. The number of hydrogen-bond donors (Lipinski definition) is 2. The van der Waals surface area contributed by atoms with Gasteiger partial charge in [0, 0.05) is 17.9 Å². The van der Waals surface area contributed by atoms with Crippen LogP contribution in [0.4, 0.5) is 5.82 Å². The minimum absolute atomic E-state index is 0.0579. The zero-order valence-electron chi connectivity index (χ0n) is 18.6. The minimum Gasteiger partial charge on any atom is -0.493 e. The first-order valence-electron chi connectivity index (χ1n) is 10.9. The average molecular weight is 440 g/mol. The van der Waals surface area contributed by atoms with Gasteiger partial charge >= 0.3 is 0 Å². The quantitative estimate of drug-likeness (QED) is 0.419. The highest BCUT2D eigenvalue weighted by molar-refractivity contribution is 5.96. The molecule has 0 unspecified atom stereocenters. The van der Waals surface area contributed by atoms with Crippen LogP contribution in [-0.4, -0.2) is 23.2 Å². The fourth-order valence-electron chi connectivity index (χ4n) is 4.31. The van der Waals surface area contributed by atoms with Crippen LogP contribution in [0.15, 0.2) is 72.8 Å². The molecule has 6 heteroatoms. The van der Waals surface area contributed by atoms with Crippen LogP contribution in [0.25, 0.3) is 11.3 Å². The Kier molecular flexibility index (Phi) is 5.57. The van der Waals surface area contributed by atoms with Crippen molar-refractivity contribution in [3.8, 4) is 22.8 Å². The van der Waals surface area contributed by atoms with Gasteiger partial charge in [0.15, 0.2) is 17.3 Å². The average Bonchev–Trinajstić information content (AvgIpc) is 3.27. The van der Waals surface area contributed by atoms with Crippen molar-refractivity contribution in [1.29, 1.82) is 0 Å². The van der Waals surface area contributed by atoms with Gasteiger partial charge in [-0.05, 0) is 41.3 Å². The molecule has 1 aliphatic heterocycles. The molecule has 3 aromatic carbocycles. The number of aromatic amines is 1. The highest BCUT2D eigenvalue weighted by Crippen LogP contribution is 2.43. The number of amides is 1. The first-order chi connectivity index (χ1) is 16.1. The predicted molar refractivity (Wildman–Crippen MR) is 128 cm³/mol. The maximum Gasteiger partial charge on any atom is 0.226 e. The number of aromatic nitrogens is 2. The third-order valence-corrected chi connectivity index (χ3v) is 6.10. The molecule has 0 bridgehead atoms. The molecule has 0 saturated heterocycles. The smallest absolute Gasteiger partial charge is 0.226 e. The number of fused-ring (bicyclic) bond motifs is 1. The fourth-order valence-corrected chi connectivity index (χ4v) is 4.31. The van der Waals surface area contributed by atoms with E-state index in [9.17, 15) is 4.79 Å². The van der Waals surface area contributed by atoms with E-state index in [4.69, 9.17) is 9.47 Å². The van der Waals surface area contributed by atoms with Gasteiger partial charge < -0.3 is 14.8 Å². The van der Waals surface area contributed by atoms with E-state index in [0.29, 0.717) is 30.3 Å².